The Bertz CT molecular complexity index is 184. The Morgan fingerprint density at radius 3 is 2.19 bits per heavy atom. The minimum atomic E-state index is -0.328. The fraction of sp³-hybridized carbons (Fsp3) is 0.769. The summed E-state index contributed by atoms with van der Waals surface area (Å²) in [5.74, 6) is -0.328. The van der Waals surface area contributed by atoms with Gasteiger partial charge in [-0.05, 0) is 25.9 Å². The van der Waals surface area contributed by atoms with Crippen LogP contribution in [0, 0.1) is 0 Å². The van der Waals surface area contributed by atoms with E-state index < -0.39 is 0 Å². The van der Waals surface area contributed by atoms with Gasteiger partial charge >= 0.3 is 5.97 Å². The summed E-state index contributed by atoms with van der Waals surface area (Å²) >= 11 is 0. The molecule has 0 rings (SSSR count). The molecule has 0 unspecified atom stereocenters. The van der Waals surface area contributed by atoms with Crippen LogP contribution in [-0.4, -0.2) is 37.1 Å². The quantitative estimate of drug-likeness (QED) is 0.424. The number of unbranched alkanes of at least 4 members (excludes halogenated alkanes) is 2. The minimum absolute atomic E-state index is 0.328. The summed E-state index contributed by atoms with van der Waals surface area (Å²) in [6, 6.07) is 0. The zero-order valence-corrected chi connectivity index (χ0v) is 10.7. The van der Waals surface area contributed by atoms with Crippen molar-refractivity contribution in [2.75, 3.05) is 26.2 Å². The molecule has 0 atom stereocenters. The van der Waals surface area contributed by atoms with Crippen molar-refractivity contribution in [1.29, 1.82) is 0 Å². The molecular formula is C13H25NO2. The molecule has 0 amide bonds. The number of esters is 1. The molecule has 0 fully saturated rings. The van der Waals surface area contributed by atoms with Crippen molar-refractivity contribution in [2.24, 2.45) is 0 Å². The molecule has 0 bridgehead atoms. The third-order valence-electron chi connectivity index (χ3n) is 2.47. The zero-order chi connectivity index (χ0) is 12.2. The Morgan fingerprint density at radius 2 is 1.75 bits per heavy atom. The molecular weight excluding hydrogens is 202 g/mol. The molecule has 3 heteroatoms. The van der Waals surface area contributed by atoms with Crippen LogP contribution >= 0.6 is 0 Å². The molecule has 0 aliphatic carbocycles. The summed E-state index contributed by atoms with van der Waals surface area (Å²) in [6.45, 7) is 11.3. The first-order chi connectivity index (χ1) is 7.74. The second-order valence-electron chi connectivity index (χ2n) is 3.92. The van der Waals surface area contributed by atoms with Gasteiger partial charge < -0.3 is 4.74 Å². The first-order valence-electron chi connectivity index (χ1n) is 6.26. The van der Waals surface area contributed by atoms with Crippen molar-refractivity contribution < 1.29 is 9.53 Å². The summed E-state index contributed by atoms with van der Waals surface area (Å²) in [5.41, 5.74) is 0. The predicted octanol–water partition coefficient (Wildman–Crippen LogP) is 2.62. The van der Waals surface area contributed by atoms with E-state index in [1.807, 2.05) is 0 Å². The number of ether oxygens (including phenoxy) is 1. The van der Waals surface area contributed by atoms with E-state index in [1.165, 1.54) is 31.8 Å². The topological polar surface area (TPSA) is 29.5 Å². The van der Waals surface area contributed by atoms with E-state index in [2.05, 4.69) is 25.3 Å². The van der Waals surface area contributed by atoms with E-state index in [-0.39, 0.29) is 5.97 Å². The fourth-order valence-electron chi connectivity index (χ4n) is 1.43. The zero-order valence-electron chi connectivity index (χ0n) is 10.7. The first kappa shape index (κ1) is 15.2. The fourth-order valence-corrected chi connectivity index (χ4v) is 1.43. The maximum atomic E-state index is 10.9. The summed E-state index contributed by atoms with van der Waals surface area (Å²) in [6.07, 6.45) is 6.03. The predicted molar refractivity (Wildman–Crippen MR) is 67.4 cm³/mol. The molecule has 0 aliphatic rings. The van der Waals surface area contributed by atoms with Crippen molar-refractivity contribution in [3.8, 4) is 0 Å². The van der Waals surface area contributed by atoms with Crippen LogP contribution in [0.3, 0.4) is 0 Å². The molecule has 16 heavy (non-hydrogen) atoms. The van der Waals surface area contributed by atoms with Gasteiger partial charge in [-0.1, -0.05) is 33.3 Å². The van der Waals surface area contributed by atoms with Crippen molar-refractivity contribution in [3.05, 3.63) is 12.7 Å². The summed E-state index contributed by atoms with van der Waals surface area (Å²) in [7, 11) is 0. The molecule has 0 aliphatic heterocycles. The molecule has 0 aromatic rings. The van der Waals surface area contributed by atoms with Gasteiger partial charge in [0.15, 0.2) is 0 Å². The molecule has 94 valence electrons. The van der Waals surface area contributed by atoms with Gasteiger partial charge in [0.05, 0.1) is 0 Å². The number of hydrogen-bond donors (Lipinski definition) is 0. The van der Waals surface area contributed by atoms with Crippen LogP contribution in [0.4, 0.5) is 0 Å². The van der Waals surface area contributed by atoms with E-state index in [4.69, 9.17) is 4.74 Å². The highest BCUT2D eigenvalue weighted by molar-refractivity contribution is 5.81. The Kier molecular flexibility index (Phi) is 10.1. The third kappa shape index (κ3) is 8.48. The lowest BCUT2D eigenvalue weighted by Crippen LogP contribution is -2.30. The van der Waals surface area contributed by atoms with Gasteiger partial charge in [-0.3, -0.25) is 4.90 Å². The van der Waals surface area contributed by atoms with Gasteiger partial charge in [-0.2, -0.15) is 0 Å². The number of nitrogens with zero attached hydrogens (tertiary/aromatic N) is 1. The number of rotatable bonds is 10. The van der Waals surface area contributed by atoms with Crippen LogP contribution in [0.5, 0.6) is 0 Å². The molecule has 0 N–H and O–H groups in total. The lowest BCUT2D eigenvalue weighted by atomic mass is 10.2. The van der Waals surface area contributed by atoms with Crippen molar-refractivity contribution in [3.63, 3.8) is 0 Å². The van der Waals surface area contributed by atoms with Crippen LogP contribution in [0.15, 0.2) is 12.7 Å². The van der Waals surface area contributed by atoms with E-state index >= 15 is 0 Å². The monoisotopic (exact) mass is 227 g/mol. The van der Waals surface area contributed by atoms with Gasteiger partial charge in [0, 0.05) is 12.6 Å². The average Bonchev–Trinajstić information content (AvgIpc) is 2.31. The molecule has 0 saturated heterocycles. The van der Waals surface area contributed by atoms with Gasteiger partial charge in [0.2, 0.25) is 0 Å². The summed E-state index contributed by atoms with van der Waals surface area (Å²) in [5, 5.41) is 0. The largest absolute Gasteiger partial charge is 0.461 e. The lowest BCUT2D eigenvalue weighted by Gasteiger charge is -2.21. The Morgan fingerprint density at radius 1 is 1.19 bits per heavy atom. The highest BCUT2D eigenvalue weighted by Crippen LogP contribution is 1.99. The van der Waals surface area contributed by atoms with Crippen molar-refractivity contribution in [2.45, 2.75) is 39.5 Å². The van der Waals surface area contributed by atoms with Crippen LogP contribution in [0.25, 0.3) is 0 Å². The Hall–Kier alpha value is -0.830. The molecule has 0 radical (unpaired) electrons. The summed E-state index contributed by atoms with van der Waals surface area (Å²) < 4.78 is 4.98. The van der Waals surface area contributed by atoms with Gasteiger partial charge in [-0.25, -0.2) is 4.79 Å². The molecule has 0 spiro atoms. The molecule has 0 aromatic heterocycles. The van der Waals surface area contributed by atoms with Gasteiger partial charge in [0.1, 0.15) is 6.61 Å². The lowest BCUT2D eigenvalue weighted by molar-refractivity contribution is -0.138. The second kappa shape index (κ2) is 10.7. The number of hydrogen-bond acceptors (Lipinski definition) is 3. The van der Waals surface area contributed by atoms with E-state index in [9.17, 15) is 4.79 Å². The normalized spacial score (nSPS) is 10.4. The maximum Gasteiger partial charge on any atom is 0.330 e. The highest BCUT2D eigenvalue weighted by Gasteiger charge is 2.04. The van der Waals surface area contributed by atoms with Crippen LogP contribution < -0.4 is 0 Å². The molecule has 0 heterocycles. The van der Waals surface area contributed by atoms with E-state index in [0.29, 0.717) is 6.61 Å². The average molecular weight is 227 g/mol. The first-order valence-corrected chi connectivity index (χ1v) is 6.26. The molecule has 0 saturated carbocycles. The summed E-state index contributed by atoms with van der Waals surface area (Å²) in [4.78, 5) is 13.2. The number of carbonyl (C=O) groups is 1. The van der Waals surface area contributed by atoms with Crippen molar-refractivity contribution in [1.82, 2.24) is 4.90 Å². The Labute approximate surface area is 99.5 Å². The van der Waals surface area contributed by atoms with Crippen molar-refractivity contribution >= 4 is 5.97 Å². The Balaban J connectivity index is 3.71. The second-order valence-corrected chi connectivity index (χ2v) is 3.92. The van der Waals surface area contributed by atoms with E-state index in [0.717, 1.165) is 19.6 Å². The third-order valence-corrected chi connectivity index (χ3v) is 2.47. The highest BCUT2D eigenvalue weighted by atomic mass is 16.5. The van der Waals surface area contributed by atoms with Gasteiger partial charge in [0.25, 0.3) is 0 Å². The standard InChI is InChI=1S/C13H25NO2/c1-4-7-9-14(10-8-5-2)11-12-16-13(15)6-3/h6H,3-5,7-12H2,1-2H3. The number of carbonyl (C=O) groups excluding carboxylic acids is 1. The van der Waals surface area contributed by atoms with Gasteiger partial charge in [-0.15, -0.1) is 0 Å². The van der Waals surface area contributed by atoms with Crippen LogP contribution in [0.2, 0.25) is 0 Å². The van der Waals surface area contributed by atoms with Crippen LogP contribution in [0.1, 0.15) is 39.5 Å². The molecule has 3 nitrogen and oxygen atoms in total. The minimum Gasteiger partial charge on any atom is -0.461 e. The van der Waals surface area contributed by atoms with Crippen LogP contribution in [-0.2, 0) is 9.53 Å². The van der Waals surface area contributed by atoms with E-state index in [1.54, 1.807) is 0 Å². The molecule has 0 aromatic carbocycles. The SMILES string of the molecule is C=CC(=O)OCCN(CCCC)CCCC. The smallest absolute Gasteiger partial charge is 0.330 e. The maximum absolute atomic E-state index is 10.9.